The van der Waals surface area contributed by atoms with Crippen molar-refractivity contribution in [2.24, 2.45) is 5.73 Å². The monoisotopic (exact) mass is 162 g/mol. The van der Waals surface area contributed by atoms with Gasteiger partial charge in [-0.3, -0.25) is 5.32 Å². The SMILES string of the molecule is CCOC(CN)NCCOC. The highest BCUT2D eigenvalue weighted by Gasteiger charge is 2.02. The maximum Gasteiger partial charge on any atom is 0.120 e. The van der Waals surface area contributed by atoms with E-state index in [0.29, 0.717) is 19.8 Å². The molecule has 0 rings (SSSR count). The van der Waals surface area contributed by atoms with Gasteiger partial charge in [-0.25, -0.2) is 0 Å². The van der Waals surface area contributed by atoms with Gasteiger partial charge in [0.05, 0.1) is 6.61 Å². The molecule has 0 heterocycles. The highest BCUT2D eigenvalue weighted by molar-refractivity contribution is 4.54. The molecule has 0 aliphatic heterocycles. The Kier molecular flexibility index (Phi) is 7.83. The van der Waals surface area contributed by atoms with Gasteiger partial charge in [0.25, 0.3) is 0 Å². The second-order valence-corrected chi connectivity index (χ2v) is 2.13. The maximum atomic E-state index is 5.41. The number of rotatable bonds is 7. The predicted molar refractivity (Wildman–Crippen MR) is 44.3 cm³/mol. The highest BCUT2D eigenvalue weighted by Crippen LogP contribution is 1.82. The smallest absolute Gasteiger partial charge is 0.120 e. The van der Waals surface area contributed by atoms with E-state index < -0.39 is 0 Å². The van der Waals surface area contributed by atoms with Crippen molar-refractivity contribution in [1.29, 1.82) is 0 Å². The standard InChI is InChI=1S/C7H18N2O2/c1-3-11-7(6-8)9-4-5-10-2/h7,9H,3-6,8H2,1-2H3. The Balaban J connectivity index is 3.20. The fraction of sp³-hybridized carbons (Fsp3) is 1.00. The van der Waals surface area contributed by atoms with Crippen LogP contribution >= 0.6 is 0 Å². The molecule has 0 saturated heterocycles. The molecule has 0 aromatic rings. The molecule has 0 spiro atoms. The summed E-state index contributed by atoms with van der Waals surface area (Å²) in [6, 6.07) is 0. The van der Waals surface area contributed by atoms with Crippen molar-refractivity contribution in [3.63, 3.8) is 0 Å². The van der Waals surface area contributed by atoms with Gasteiger partial charge in [-0.1, -0.05) is 0 Å². The van der Waals surface area contributed by atoms with Crippen LogP contribution in [0.3, 0.4) is 0 Å². The number of ether oxygens (including phenoxy) is 2. The number of methoxy groups -OCH3 is 1. The van der Waals surface area contributed by atoms with Crippen molar-refractivity contribution in [3.8, 4) is 0 Å². The Morgan fingerprint density at radius 2 is 2.27 bits per heavy atom. The van der Waals surface area contributed by atoms with E-state index in [4.69, 9.17) is 15.2 Å². The summed E-state index contributed by atoms with van der Waals surface area (Å²) in [7, 11) is 1.67. The molecule has 0 aromatic heterocycles. The molecule has 0 bridgehead atoms. The first-order valence-electron chi connectivity index (χ1n) is 3.89. The molecule has 0 aliphatic carbocycles. The van der Waals surface area contributed by atoms with Crippen molar-refractivity contribution < 1.29 is 9.47 Å². The van der Waals surface area contributed by atoms with Crippen molar-refractivity contribution in [2.45, 2.75) is 13.2 Å². The minimum absolute atomic E-state index is 0.0323. The molecule has 1 unspecified atom stereocenters. The Morgan fingerprint density at radius 3 is 2.73 bits per heavy atom. The number of nitrogens with one attached hydrogen (secondary N) is 1. The average Bonchev–Trinajstić information content (AvgIpc) is 2.03. The summed E-state index contributed by atoms with van der Waals surface area (Å²) >= 11 is 0. The molecule has 0 amide bonds. The van der Waals surface area contributed by atoms with Gasteiger partial charge in [0.1, 0.15) is 6.23 Å². The van der Waals surface area contributed by atoms with Gasteiger partial charge in [0.15, 0.2) is 0 Å². The van der Waals surface area contributed by atoms with Crippen molar-refractivity contribution >= 4 is 0 Å². The zero-order valence-corrected chi connectivity index (χ0v) is 7.30. The third-order valence-corrected chi connectivity index (χ3v) is 1.26. The Hall–Kier alpha value is -0.160. The second-order valence-electron chi connectivity index (χ2n) is 2.13. The quantitative estimate of drug-likeness (QED) is 0.393. The van der Waals surface area contributed by atoms with E-state index in [-0.39, 0.29) is 6.23 Å². The van der Waals surface area contributed by atoms with Crippen LogP contribution in [-0.4, -0.2) is 39.6 Å². The van der Waals surface area contributed by atoms with Crippen LogP contribution in [0.15, 0.2) is 0 Å². The Bertz CT molecular complexity index is 80.8. The molecular weight excluding hydrogens is 144 g/mol. The van der Waals surface area contributed by atoms with Crippen LogP contribution in [0.25, 0.3) is 0 Å². The van der Waals surface area contributed by atoms with Crippen LogP contribution < -0.4 is 11.1 Å². The lowest BCUT2D eigenvalue weighted by Crippen LogP contribution is -2.40. The third-order valence-electron chi connectivity index (χ3n) is 1.26. The number of nitrogens with two attached hydrogens (primary N) is 1. The molecule has 0 saturated carbocycles. The summed E-state index contributed by atoms with van der Waals surface area (Å²) in [6.45, 7) is 4.59. The second kappa shape index (κ2) is 7.94. The van der Waals surface area contributed by atoms with E-state index in [1.807, 2.05) is 6.92 Å². The van der Waals surface area contributed by atoms with E-state index in [1.54, 1.807) is 7.11 Å². The molecule has 3 N–H and O–H groups in total. The zero-order chi connectivity index (χ0) is 8.53. The van der Waals surface area contributed by atoms with Gasteiger partial charge >= 0.3 is 0 Å². The van der Waals surface area contributed by atoms with E-state index >= 15 is 0 Å². The maximum absolute atomic E-state index is 5.41. The molecule has 11 heavy (non-hydrogen) atoms. The molecule has 4 heteroatoms. The van der Waals surface area contributed by atoms with Crippen LogP contribution in [0.5, 0.6) is 0 Å². The summed E-state index contributed by atoms with van der Waals surface area (Å²) in [5.41, 5.74) is 5.41. The molecule has 68 valence electrons. The molecule has 1 atom stereocenters. The van der Waals surface area contributed by atoms with Crippen LogP contribution in [0.4, 0.5) is 0 Å². The van der Waals surface area contributed by atoms with Gasteiger partial charge in [-0.2, -0.15) is 0 Å². The Morgan fingerprint density at radius 1 is 1.55 bits per heavy atom. The normalized spacial score (nSPS) is 13.4. The van der Waals surface area contributed by atoms with Crippen LogP contribution in [0.1, 0.15) is 6.92 Å². The average molecular weight is 162 g/mol. The summed E-state index contributed by atoms with van der Waals surface area (Å²) in [6.07, 6.45) is -0.0323. The molecular formula is C7H18N2O2. The van der Waals surface area contributed by atoms with Crippen LogP contribution in [0, 0.1) is 0 Å². The van der Waals surface area contributed by atoms with Crippen LogP contribution in [0.2, 0.25) is 0 Å². The largest absolute Gasteiger partial charge is 0.383 e. The molecule has 0 radical (unpaired) electrons. The topological polar surface area (TPSA) is 56.5 Å². The van der Waals surface area contributed by atoms with Gasteiger partial charge in [-0.15, -0.1) is 0 Å². The Labute approximate surface area is 68.0 Å². The number of hydrogen-bond donors (Lipinski definition) is 2. The highest BCUT2D eigenvalue weighted by atomic mass is 16.5. The summed E-state index contributed by atoms with van der Waals surface area (Å²) < 4.78 is 10.1. The van der Waals surface area contributed by atoms with Crippen molar-refractivity contribution in [1.82, 2.24) is 5.32 Å². The van der Waals surface area contributed by atoms with E-state index in [2.05, 4.69) is 5.32 Å². The lowest BCUT2D eigenvalue weighted by atomic mass is 10.5. The summed E-state index contributed by atoms with van der Waals surface area (Å²) in [5, 5.41) is 3.10. The first kappa shape index (κ1) is 10.8. The zero-order valence-electron chi connectivity index (χ0n) is 7.30. The minimum atomic E-state index is -0.0323. The predicted octanol–water partition coefficient (Wildman–Crippen LogP) is -0.456. The van der Waals surface area contributed by atoms with Gasteiger partial charge < -0.3 is 15.2 Å². The fourth-order valence-electron chi connectivity index (χ4n) is 0.733. The molecule has 4 nitrogen and oxygen atoms in total. The number of hydrogen-bond acceptors (Lipinski definition) is 4. The lowest BCUT2D eigenvalue weighted by molar-refractivity contribution is 0.0393. The van der Waals surface area contributed by atoms with E-state index in [1.165, 1.54) is 0 Å². The summed E-state index contributed by atoms with van der Waals surface area (Å²) in [5.74, 6) is 0. The fourth-order valence-corrected chi connectivity index (χ4v) is 0.733. The van der Waals surface area contributed by atoms with Crippen molar-refractivity contribution in [2.75, 3.05) is 33.4 Å². The van der Waals surface area contributed by atoms with Gasteiger partial charge in [0, 0.05) is 26.8 Å². The minimum Gasteiger partial charge on any atom is -0.383 e. The van der Waals surface area contributed by atoms with Crippen LogP contribution in [-0.2, 0) is 9.47 Å². The summed E-state index contributed by atoms with van der Waals surface area (Å²) in [4.78, 5) is 0. The third kappa shape index (κ3) is 6.25. The molecule has 0 fully saturated rings. The first-order chi connectivity index (χ1) is 5.35. The van der Waals surface area contributed by atoms with E-state index in [9.17, 15) is 0 Å². The van der Waals surface area contributed by atoms with Gasteiger partial charge in [0.2, 0.25) is 0 Å². The van der Waals surface area contributed by atoms with Crippen molar-refractivity contribution in [3.05, 3.63) is 0 Å². The molecule has 0 aromatic carbocycles. The lowest BCUT2D eigenvalue weighted by Gasteiger charge is -2.15. The molecule has 0 aliphatic rings. The van der Waals surface area contributed by atoms with E-state index in [0.717, 1.165) is 6.54 Å². The first-order valence-corrected chi connectivity index (χ1v) is 3.89. The van der Waals surface area contributed by atoms with Gasteiger partial charge in [-0.05, 0) is 6.92 Å².